The fourth-order valence-electron chi connectivity index (χ4n) is 3.23. The van der Waals surface area contributed by atoms with Crippen molar-refractivity contribution in [1.29, 1.82) is 0 Å². The molecule has 0 aliphatic carbocycles. The average molecular weight is 358 g/mol. The molecule has 2 aromatic carbocycles. The first kappa shape index (κ1) is 18.8. The van der Waals surface area contributed by atoms with Crippen molar-refractivity contribution in [2.75, 3.05) is 0 Å². The molecular weight excluding hydrogens is 330 g/mol. The maximum Gasteiger partial charge on any atom is 0.100 e. The minimum absolute atomic E-state index is 0.611. The molecule has 0 aliphatic rings. The van der Waals surface area contributed by atoms with Crippen LogP contribution in [-0.2, 0) is 6.54 Å². The lowest BCUT2D eigenvalue weighted by Crippen LogP contribution is -2.07. The topological polar surface area (TPSA) is 29.6 Å². The average Bonchev–Trinajstić information content (AvgIpc) is 2.94. The third kappa shape index (κ3) is 4.62. The van der Waals surface area contributed by atoms with E-state index >= 15 is 0 Å². The number of aryl methyl sites for hydroxylation is 1. The predicted octanol–water partition coefficient (Wildman–Crippen LogP) is 5.63. The van der Waals surface area contributed by atoms with Crippen molar-refractivity contribution in [3.63, 3.8) is 0 Å². The van der Waals surface area contributed by atoms with Crippen LogP contribution < -0.4 is 0 Å². The van der Waals surface area contributed by atoms with E-state index in [0.29, 0.717) is 5.92 Å². The summed E-state index contributed by atoms with van der Waals surface area (Å²) in [5.74, 6) is 0.611. The molecule has 0 spiro atoms. The maximum atomic E-state index is 4.58. The largest absolute Gasteiger partial charge is 0.348 e. The Morgan fingerprint density at radius 2 is 1.48 bits per heavy atom. The summed E-state index contributed by atoms with van der Waals surface area (Å²) in [6, 6.07) is 22.6. The highest BCUT2D eigenvalue weighted by molar-refractivity contribution is 6.12. The zero-order valence-electron chi connectivity index (χ0n) is 16.6. The fraction of sp³-hybridized carbons (Fsp3) is 0.250. The van der Waals surface area contributed by atoms with Crippen molar-refractivity contribution < 1.29 is 0 Å². The van der Waals surface area contributed by atoms with Crippen LogP contribution in [0.3, 0.4) is 0 Å². The van der Waals surface area contributed by atoms with Gasteiger partial charge in [0.2, 0.25) is 0 Å². The molecule has 0 radical (unpaired) electrons. The Balaban J connectivity index is 1.94. The molecule has 3 rings (SSSR count). The van der Waals surface area contributed by atoms with Gasteiger partial charge in [-0.15, -0.1) is 5.10 Å². The molecule has 138 valence electrons. The van der Waals surface area contributed by atoms with Crippen LogP contribution in [0.1, 0.15) is 41.9 Å². The molecule has 0 amide bonds. The molecule has 3 aromatic rings. The highest BCUT2D eigenvalue weighted by atomic mass is 15.2. The standard InChI is InChI=1S/C24H27N3/c1-18(2)17-27-19(3)15-23(20(27)4)16-25-26-24(21-11-7-5-8-12-21)22-13-9-6-10-14-22/h5-16,18H,17H2,1-4H3. The molecule has 0 aliphatic heterocycles. The van der Waals surface area contributed by atoms with Crippen molar-refractivity contribution >= 4 is 11.9 Å². The van der Waals surface area contributed by atoms with Crippen LogP contribution in [0.5, 0.6) is 0 Å². The first-order chi connectivity index (χ1) is 13.1. The summed E-state index contributed by atoms with van der Waals surface area (Å²) in [5, 5.41) is 9.02. The molecule has 0 atom stereocenters. The van der Waals surface area contributed by atoms with Gasteiger partial charge in [-0.25, -0.2) is 0 Å². The van der Waals surface area contributed by atoms with Crippen molar-refractivity contribution in [2.24, 2.45) is 16.1 Å². The van der Waals surface area contributed by atoms with Gasteiger partial charge in [-0.2, -0.15) is 5.10 Å². The third-order valence-corrected chi connectivity index (χ3v) is 4.61. The minimum Gasteiger partial charge on any atom is -0.348 e. The number of aromatic nitrogens is 1. The summed E-state index contributed by atoms with van der Waals surface area (Å²) in [5.41, 5.74) is 6.62. The molecule has 1 aromatic heterocycles. The summed E-state index contributed by atoms with van der Waals surface area (Å²) < 4.78 is 2.35. The first-order valence-electron chi connectivity index (χ1n) is 9.45. The Hall–Kier alpha value is -2.94. The third-order valence-electron chi connectivity index (χ3n) is 4.61. The van der Waals surface area contributed by atoms with E-state index in [9.17, 15) is 0 Å². The predicted molar refractivity (Wildman–Crippen MR) is 115 cm³/mol. The molecule has 0 N–H and O–H groups in total. The molecule has 3 nitrogen and oxygen atoms in total. The number of hydrogen-bond donors (Lipinski definition) is 0. The Labute approximate surface area is 162 Å². The molecule has 3 heteroatoms. The van der Waals surface area contributed by atoms with Gasteiger partial charge in [0.15, 0.2) is 0 Å². The first-order valence-corrected chi connectivity index (χ1v) is 9.45. The van der Waals surface area contributed by atoms with E-state index in [2.05, 4.69) is 72.8 Å². The van der Waals surface area contributed by atoms with Gasteiger partial charge in [0.1, 0.15) is 5.71 Å². The van der Waals surface area contributed by atoms with Gasteiger partial charge in [-0.05, 0) is 25.8 Å². The zero-order chi connectivity index (χ0) is 19.2. The van der Waals surface area contributed by atoms with Gasteiger partial charge in [0.05, 0.1) is 6.21 Å². The van der Waals surface area contributed by atoms with E-state index in [-0.39, 0.29) is 0 Å². The van der Waals surface area contributed by atoms with Gasteiger partial charge in [-0.1, -0.05) is 74.5 Å². The summed E-state index contributed by atoms with van der Waals surface area (Å²) >= 11 is 0. The summed E-state index contributed by atoms with van der Waals surface area (Å²) in [7, 11) is 0. The SMILES string of the molecule is Cc1cc(C=NN=C(c2ccccc2)c2ccccc2)c(C)n1CC(C)C. The van der Waals surface area contributed by atoms with Crippen LogP contribution in [-0.4, -0.2) is 16.5 Å². The van der Waals surface area contributed by atoms with E-state index in [1.54, 1.807) is 0 Å². The normalized spacial score (nSPS) is 11.3. The van der Waals surface area contributed by atoms with E-state index < -0.39 is 0 Å². The van der Waals surface area contributed by atoms with Crippen LogP contribution in [0.25, 0.3) is 0 Å². The van der Waals surface area contributed by atoms with Gasteiger partial charge in [-0.3, -0.25) is 0 Å². The van der Waals surface area contributed by atoms with Crippen LogP contribution in [0.2, 0.25) is 0 Å². The molecule has 1 heterocycles. The lowest BCUT2D eigenvalue weighted by atomic mass is 10.0. The lowest BCUT2D eigenvalue weighted by Gasteiger charge is -2.11. The smallest absolute Gasteiger partial charge is 0.100 e. The number of rotatable bonds is 6. The van der Waals surface area contributed by atoms with Gasteiger partial charge >= 0.3 is 0 Å². The summed E-state index contributed by atoms with van der Waals surface area (Å²) in [4.78, 5) is 0. The van der Waals surface area contributed by atoms with E-state index in [4.69, 9.17) is 0 Å². The Morgan fingerprint density at radius 3 is 2.00 bits per heavy atom. The second kappa shape index (κ2) is 8.63. The highest BCUT2D eigenvalue weighted by Gasteiger charge is 2.09. The molecule has 0 saturated heterocycles. The second-order valence-electron chi connectivity index (χ2n) is 7.26. The minimum atomic E-state index is 0.611. The molecule has 0 saturated carbocycles. The van der Waals surface area contributed by atoms with Crippen LogP contribution in [0, 0.1) is 19.8 Å². The number of nitrogens with zero attached hydrogens (tertiary/aromatic N) is 3. The van der Waals surface area contributed by atoms with Crippen LogP contribution >= 0.6 is 0 Å². The fourth-order valence-corrected chi connectivity index (χ4v) is 3.23. The van der Waals surface area contributed by atoms with Gasteiger partial charge in [0, 0.05) is 34.6 Å². The van der Waals surface area contributed by atoms with Crippen LogP contribution in [0.4, 0.5) is 0 Å². The van der Waals surface area contributed by atoms with Gasteiger partial charge in [0.25, 0.3) is 0 Å². The second-order valence-corrected chi connectivity index (χ2v) is 7.26. The lowest BCUT2D eigenvalue weighted by molar-refractivity contribution is 0.509. The number of hydrogen-bond acceptors (Lipinski definition) is 2. The van der Waals surface area contributed by atoms with Crippen molar-refractivity contribution in [2.45, 2.75) is 34.2 Å². The van der Waals surface area contributed by atoms with Gasteiger partial charge < -0.3 is 4.57 Å². The quantitative estimate of drug-likeness (QED) is 0.404. The molecular formula is C24H27N3. The maximum absolute atomic E-state index is 4.58. The molecule has 0 bridgehead atoms. The highest BCUT2D eigenvalue weighted by Crippen LogP contribution is 2.16. The Kier molecular flexibility index (Phi) is 6.02. The van der Waals surface area contributed by atoms with E-state index in [1.165, 1.54) is 11.4 Å². The van der Waals surface area contributed by atoms with Crippen LogP contribution in [0.15, 0.2) is 76.9 Å². The number of benzene rings is 2. The molecule has 27 heavy (non-hydrogen) atoms. The summed E-state index contributed by atoms with van der Waals surface area (Å²) in [6.07, 6.45) is 1.87. The van der Waals surface area contributed by atoms with Crippen molar-refractivity contribution in [3.8, 4) is 0 Å². The zero-order valence-corrected chi connectivity index (χ0v) is 16.6. The Bertz CT molecular complexity index is 891. The van der Waals surface area contributed by atoms with E-state index in [0.717, 1.165) is 28.9 Å². The molecule has 0 fully saturated rings. The van der Waals surface area contributed by atoms with E-state index in [1.807, 2.05) is 42.6 Å². The summed E-state index contributed by atoms with van der Waals surface area (Å²) in [6.45, 7) is 9.80. The molecule has 0 unspecified atom stereocenters. The van der Waals surface area contributed by atoms with Crippen molar-refractivity contribution in [3.05, 3.63) is 94.8 Å². The Morgan fingerprint density at radius 1 is 0.926 bits per heavy atom. The van der Waals surface area contributed by atoms with Crippen molar-refractivity contribution in [1.82, 2.24) is 4.57 Å². The monoisotopic (exact) mass is 357 g/mol.